The summed E-state index contributed by atoms with van der Waals surface area (Å²) in [5.41, 5.74) is 1.40. The molecular weight excluding hydrogens is 168 g/mol. The number of ether oxygens (including phenoxy) is 1. The molecule has 1 aliphatic heterocycles. The van der Waals surface area contributed by atoms with E-state index in [1.165, 1.54) is 0 Å². The summed E-state index contributed by atoms with van der Waals surface area (Å²) in [6.07, 6.45) is 0.450. The Labute approximate surface area is 76.0 Å². The third-order valence-corrected chi connectivity index (χ3v) is 2.12. The average molecular weight is 178 g/mol. The van der Waals surface area contributed by atoms with Crippen LogP contribution in [-0.4, -0.2) is 17.5 Å². The Morgan fingerprint density at radius 1 is 1.46 bits per heavy atom. The van der Waals surface area contributed by atoms with Crippen LogP contribution >= 0.6 is 0 Å². The van der Waals surface area contributed by atoms with Crippen LogP contribution in [-0.2, 0) is 6.61 Å². The molecule has 0 bridgehead atoms. The second-order valence-corrected chi connectivity index (χ2v) is 3.01. The highest BCUT2D eigenvalue weighted by Crippen LogP contribution is 2.25. The molecule has 0 saturated carbocycles. The Morgan fingerprint density at radius 2 is 2.31 bits per heavy atom. The summed E-state index contributed by atoms with van der Waals surface area (Å²) >= 11 is 0. The quantitative estimate of drug-likeness (QED) is 0.701. The predicted molar refractivity (Wildman–Crippen MR) is 46.8 cm³/mol. The van der Waals surface area contributed by atoms with Crippen LogP contribution < -0.4 is 4.74 Å². The van der Waals surface area contributed by atoms with Crippen LogP contribution in [0, 0.1) is 0 Å². The number of benzene rings is 1. The molecule has 3 heteroatoms. The van der Waals surface area contributed by atoms with E-state index in [0.717, 1.165) is 5.56 Å². The molecule has 0 spiro atoms. The minimum Gasteiger partial charge on any atom is -0.492 e. The van der Waals surface area contributed by atoms with Crippen LogP contribution in [0.1, 0.15) is 22.3 Å². The molecule has 0 amide bonds. The fourth-order valence-electron chi connectivity index (χ4n) is 1.40. The first kappa shape index (κ1) is 8.26. The molecule has 13 heavy (non-hydrogen) atoms. The summed E-state index contributed by atoms with van der Waals surface area (Å²) in [5, 5.41) is 8.86. The molecule has 2 rings (SSSR count). The van der Waals surface area contributed by atoms with E-state index in [1.54, 1.807) is 18.2 Å². The molecule has 0 aliphatic carbocycles. The van der Waals surface area contributed by atoms with Crippen molar-refractivity contribution in [3.8, 4) is 5.75 Å². The third kappa shape index (κ3) is 1.42. The van der Waals surface area contributed by atoms with Crippen LogP contribution in [0.15, 0.2) is 18.2 Å². The Morgan fingerprint density at radius 3 is 3.08 bits per heavy atom. The highest BCUT2D eigenvalue weighted by Gasteiger charge is 2.17. The van der Waals surface area contributed by atoms with Gasteiger partial charge in [0.05, 0.1) is 18.8 Å². The summed E-state index contributed by atoms with van der Waals surface area (Å²) in [7, 11) is 0. The number of Topliss-reactive ketones (excluding diaryl/α,β-unsaturated/α-hetero) is 1. The molecule has 0 radical (unpaired) electrons. The van der Waals surface area contributed by atoms with E-state index in [2.05, 4.69) is 0 Å². The minimum absolute atomic E-state index is 0.0230. The Kier molecular flexibility index (Phi) is 2.02. The van der Waals surface area contributed by atoms with Crippen molar-refractivity contribution in [3.05, 3.63) is 29.3 Å². The van der Waals surface area contributed by atoms with E-state index < -0.39 is 0 Å². The molecule has 0 fully saturated rings. The number of aliphatic hydroxyl groups excluding tert-OH is 1. The Hall–Kier alpha value is -1.35. The van der Waals surface area contributed by atoms with E-state index in [-0.39, 0.29) is 12.4 Å². The van der Waals surface area contributed by atoms with Gasteiger partial charge >= 0.3 is 0 Å². The van der Waals surface area contributed by atoms with Crippen molar-refractivity contribution in [2.45, 2.75) is 13.0 Å². The molecule has 1 N–H and O–H groups in total. The fraction of sp³-hybridized carbons (Fsp3) is 0.300. The van der Waals surface area contributed by atoms with E-state index in [9.17, 15) is 4.79 Å². The van der Waals surface area contributed by atoms with Gasteiger partial charge in [0.1, 0.15) is 5.75 Å². The minimum atomic E-state index is -0.0230. The van der Waals surface area contributed by atoms with Crippen LogP contribution in [0.2, 0.25) is 0 Å². The average Bonchev–Trinajstić information content (AvgIpc) is 2.18. The van der Waals surface area contributed by atoms with Gasteiger partial charge in [0, 0.05) is 6.42 Å². The van der Waals surface area contributed by atoms with Crippen LogP contribution in [0.4, 0.5) is 0 Å². The number of hydrogen-bond donors (Lipinski definition) is 1. The molecule has 1 aliphatic rings. The lowest BCUT2D eigenvalue weighted by molar-refractivity contribution is 0.0933. The van der Waals surface area contributed by atoms with Crippen LogP contribution in [0.5, 0.6) is 5.75 Å². The van der Waals surface area contributed by atoms with Crippen molar-refractivity contribution in [3.63, 3.8) is 0 Å². The van der Waals surface area contributed by atoms with Crippen molar-refractivity contribution in [1.82, 2.24) is 0 Å². The van der Waals surface area contributed by atoms with Gasteiger partial charge in [-0.15, -0.1) is 0 Å². The molecule has 0 unspecified atom stereocenters. The largest absolute Gasteiger partial charge is 0.492 e. The Bertz CT molecular complexity index is 344. The second kappa shape index (κ2) is 3.18. The number of aliphatic hydroxyl groups is 1. The maximum absolute atomic E-state index is 11.3. The molecule has 1 aromatic carbocycles. The molecule has 68 valence electrons. The van der Waals surface area contributed by atoms with Gasteiger partial charge in [-0.3, -0.25) is 4.79 Å². The number of fused-ring (bicyclic) bond motifs is 1. The molecule has 0 atom stereocenters. The molecular formula is C10H10O3. The van der Waals surface area contributed by atoms with Crippen molar-refractivity contribution in [1.29, 1.82) is 0 Å². The zero-order valence-corrected chi connectivity index (χ0v) is 7.12. The first-order valence-corrected chi connectivity index (χ1v) is 4.21. The summed E-state index contributed by atoms with van der Waals surface area (Å²) in [5.74, 6) is 0.716. The second-order valence-electron chi connectivity index (χ2n) is 3.01. The molecule has 1 aromatic rings. The van der Waals surface area contributed by atoms with E-state index in [0.29, 0.717) is 24.3 Å². The van der Waals surface area contributed by atoms with E-state index in [4.69, 9.17) is 9.84 Å². The zero-order valence-electron chi connectivity index (χ0n) is 7.12. The van der Waals surface area contributed by atoms with Gasteiger partial charge in [0.15, 0.2) is 5.78 Å². The normalized spacial score (nSPS) is 15.0. The highest BCUT2D eigenvalue weighted by atomic mass is 16.5. The lowest BCUT2D eigenvalue weighted by atomic mass is 10.0. The first-order valence-electron chi connectivity index (χ1n) is 4.21. The zero-order chi connectivity index (χ0) is 9.26. The predicted octanol–water partition coefficient (Wildman–Crippen LogP) is 1.14. The lowest BCUT2D eigenvalue weighted by Gasteiger charge is -2.16. The number of carbonyl (C=O) groups excluding carboxylic acids is 1. The molecule has 1 heterocycles. The molecule has 0 aromatic heterocycles. The van der Waals surface area contributed by atoms with Crippen LogP contribution in [0.25, 0.3) is 0 Å². The van der Waals surface area contributed by atoms with Crippen LogP contribution in [0.3, 0.4) is 0 Å². The lowest BCUT2D eigenvalue weighted by Crippen LogP contribution is -2.15. The van der Waals surface area contributed by atoms with Crippen molar-refractivity contribution < 1.29 is 14.6 Å². The number of rotatable bonds is 1. The third-order valence-electron chi connectivity index (χ3n) is 2.12. The SMILES string of the molecule is O=C1CCOc2cc(CO)ccc21. The summed E-state index contributed by atoms with van der Waals surface area (Å²) < 4.78 is 5.30. The topological polar surface area (TPSA) is 46.5 Å². The van der Waals surface area contributed by atoms with Gasteiger partial charge in [-0.25, -0.2) is 0 Å². The number of ketones is 1. The maximum Gasteiger partial charge on any atom is 0.169 e. The van der Waals surface area contributed by atoms with Crippen molar-refractivity contribution in [2.75, 3.05) is 6.61 Å². The van der Waals surface area contributed by atoms with E-state index >= 15 is 0 Å². The van der Waals surface area contributed by atoms with Crippen molar-refractivity contribution in [2.24, 2.45) is 0 Å². The van der Waals surface area contributed by atoms with E-state index in [1.807, 2.05) is 0 Å². The molecule has 0 saturated heterocycles. The number of carbonyl (C=O) groups is 1. The monoisotopic (exact) mass is 178 g/mol. The molecule has 3 nitrogen and oxygen atoms in total. The summed E-state index contributed by atoms with van der Waals surface area (Å²) in [6, 6.07) is 5.17. The van der Waals surface area contributed by atoms with Gasteiger partial charge in [0.2, 0.25) is 0 Å². The van der Waals surface area contributed by atoms with Gasteiger partial charge in [-0.1, -0.05) is 6.07 Å². The van der Waals surface area contributed by atoms with Crippen molar-refractivity contribution >= 4 is 5.78 Å². The maximum atomic E-state index is 11.3. The Balaban J connectivity index is 2.45. The highest BCUT2D eigenvalue weighted by molar-refractivity contribution is 5.99. The van der Waals surface area contributed by atoms with Gasteiger partial charge < -0.3 is 9.84 Å². The smallest absolute Gasteiger partial charge is 0.169 e. The van der Waals surface area contributed by atoms with Gasteiger partial charge in [-0.2, -0.15) is 0 Å². The van der Waals surface area contributed by atoms with Gasteiger partial charge in [0.25, 0.3) is 0 Å². The first-order chi connectivity index (χ1) is 6.31. The summed E-state index contributed by atoms with van der Waals surface area (Å²) in [6.45, 7) is 0.422. The summed E-state index contributed by atoms with van der Waals surface area (Å²) in [4.78, 5) is 11.3. The fourth-order valence-corrected chi connectivity index (χ4v) is 1.40. The number of hydrogen-bond acceptors (Lipinski definition) is 3. The standard InChI is InChI=1S/C10H10O3/c11-6-7-1-2-8-9(12)3-4-13-10(8)5-7/h1-2,5,11H,3-4,6H2. The van der Waals surface area contributed by atoms with Gasteiger partial charge in [-0.05, 0) is 17.7 Å².